The summed E-state index contributed by atoms with van der Waals surface area (Å²) in [7, 11) is 0. The third-order valence-corrected chi connectivity index (χ3v) is 4.10. The van der Waals surface area contributed by atoms with Crippen LogP contribution in [0, 0.1) is 5.82 Å². The molecule has 0 aliphatic carbocycles. The molecule has 1 aromatic heterocycles. The van der Waals surface area contributed by atoms with Crippen molar-refractivity contribution in [2.45, 2.75) is 46.3 Å². The van der Waals surface area contributed by atoms with E-state index in [0.717, 1.165) is 0 Å². The second kappa shape index (κ2) is 7.59. The Hall–Kier alpha value is -1.88. The molecular formula is C17H21ClFN3O. The summed E-state index contributed by atoms with van der Waals surface area (Å²) in [5, 5.41) is 0.384. The molecule has 0 spiro atoms. The minimum atomic E-state index is -0.345. The monoisotopic (exact) mass is 337 g/mol. The minimum absolute atomic E-state index is 0.0680. The second-order valence-electron chi connectivity index (χ2n) is 5.64. The van der Waals surface area contributed by atoms with Gasteiger partial charge in [0.25, 0.3) is 0 Å². The minimum Gasteiger partial charge on any atom is -0.333 e. The van der Waals surface area contributed by atoms with Crippen LogP contribution in [0.4, 0.5) is 4.39 Å². The molecule has 23 heavy (non-hydrogen) atoms. The number of halogens is 2. The maximum Gasteiger partial charge on any atom is 0.222 e. The Labute approximate surface area is 140 Å². The van der Waals surface area contributed by atoms with Crippen LogP contribution in [0.15, 0.2) is 30.6 Å². The van der Waals surface area contributed by atoms with Gasteiger partial charge in [0.15, 0.2) is 0 Å². The first kappa shape index (κ1) is 17.5. The molecule has 124 valence electrons. The molecule has 0 saturated heterocycles. The molecule has 0 atom stereocenters. The molecule has 1 aromatic carbocycles. The summed E-state index contributed by atoms with van der Waals surface area (Å²) >= 11 is 6.09. The van der Waals surface area contributed by atoms with Crippen LogP contribution < -0.4 is 0 Å². The topological polar surface area (TPSA) is 38.1 Å². The number of carbonyl (C=O) groups excluding carboxylic acids is 1. The Kier molecular flexibility index (Phi) is 5.77. The number of aromatic nitrogens is 2. The van der Waals surface area contributed by atoms with Gasteiger partial charge in [0.1, 0.15) is 11.6 Å². The molecule has 0 aliphatic rings. The van der Waals surface area contributed by atoms with Crippen LogP contribution in [-0.2, 0) is 17.9 Å². The number of nitrogens with zero attached hydrogens (tertiary/aromatic N) is 3. The summed E-state index contributed by atoms with van der Waals surface area (Å²) in [6, 6.07) is 4.71. The zero-order valence-corrected chi connectivity index (χ0v) is 14.3. The Morgan fingerprint density at radius 1 is 1.43 bits per heavy atom. The van der Waals surface area contributed by atoms with Crippen molar-refractivity contribution in [2.24, 2.45) is 0 Å². The number of rotatable bonds is 6. The number of amides is 1. The predicted molar refractivity (Wildman–Crippen MR) is 88.7 cm³/mol. The highest BCUT2D eigenvalue weighted by atomic mass is 35.5. The number of benzene rings is 1. The van der Waals surface area contributed by atoms with Gasteiger partial charge in [-0.2, -0.15) is 0 Å². The van der Waals surface area contributed by atoms with E-state index in [1.807, 2.05) is 25.3 Å². The molecule has 1 amide bonds. The van der Waals surface area contributed by atoms with Gasteiger partial charge in [-0.15, -0.1) is 0 Å². The fourth-order valence-corrected chi connectivity index (χ4v) is 2.63. The smallest absolute Gasteiger partial charge is 0.222 e. The molecule has 2 aromatic rings. The lowest BCUT2D eigenvalue weighted by atomic mass is 10.2. The van der Waals surface area contributed by atoms with Gasteiger partial charge >= 0.3 is 0 Å². The Morgan fingerprint density at radius 2 is 2.17 bits per heavy atom. The lowest BCUT2D eigenvalue weighted by Gasteiger charge is -2.26. The van der Waals surface area contributed by atoms with Crippen LogP contribution in [-0.4, -0.2) is 26.4 Å². The van der Waals surface area contributed by atoms with Gasteiger partial charge in [-0.3, -0.25) is 4.79 Å². The van der Waals surface area contributed by atoms with E-state index in [4.69, 9.17) is 11.6 Å². The molecule has 0 saturated carbocycles. The molecule has 0 bridgehead atoms. The van der Waals surface area contributed by atoms with Gasteiger partial charge in [-0.05, 0) is 26.0 Å². The maximum atomic E-state index is 14.0. The van der Waals surface area contributed by atoms with Gasteiger partial charge in [0.05, 0.1) is 13.1 Å². The summed E-state index contributed by atoms with van der Waals surface area (Å²) in [5.74, 6) is 0.431. The van der Waals surface area contributed by atoms with Crippen LogP contribution in [0.25, 0.3) is 0 Å². The summed E-state index contributed by atoms with van der Waals surface area (Å²) < 4.78 is 15.8. The van der Waals surface area contributed by atoms with Crippen molar-refractivity contribution in [1.29, 1.82) is 0 Å². The van der Waals surface area contributed by atoms with Crippen LogP contribution in [0.1, 0.15) is 38.6 Å². The van der Waals surface area contributed by atoms with Crippen LogP contribution >= 0.6 is 11.6 Å². The highest BCUT2D eigenvalue weighted by Gasteiger charge is 2.18. The lowest BCUT2D eigenvalue weighted by molar-refractivity contribution is -0.133. The van der Waals surface area contributed by atoms with Crippen LogP contribution in [0.2, 0.25) is 5.02 Å². The van der Waals surface area contributed by atoms with E-state index < -0.39 is 0 Å². The number of imidazole rings is 1. The molecule has 0 fully saturated rings. The first-order valence-corrected chi connectivity index (χ1v) is 8.04. The SMILES string of the molecule is CCC(=O)N(Cc1nccn1Cc1c(F)cccc1Cl)C(C)C. The van der Waals surface area contributed by atoms with Gasteiger partial charge in [0, 0.05) is 35.4 Å². The normalized spacial score (nSPS) is 11.0. The van der Waals surface area contributed by atoms with E-state index in [1.165, 1.54) is 6.07 Å². The quantitative estimate of drug-likeness (QED) is 0.802. The standard InChI is InChI=1S/C17H21ClFN3O/c1-4-17(23)22(12(2)3)11-16-20-8-9-21(16)10-13-14(18)6-5-7-15(13)19/h5-9,12H,4,10-11H2,1-3H3. The number of hydrogen-bond acceptors (Lipinski definition) is 2. The van der Waals surface area contributed by atoms with Crippen molar-refractivity contribution in [2.75, 3.05) is 0 Å². The number of hydrogen-bond donors (Lipinski definition) is 0. The van der Waals surface area contributed by atoms with E-state index in [-0.39, 0.29) is 24.3 Å². The summed E-state index contributed by atoms with van der Waals surface area (Å²) in [6.45, 7) is 6.45. The van der Waals surface area contributed by atoms with Crippen LogP contribution in [0.3, 0.4) is 0 Å². The third kappa shape index (κ3) is 4.10. The number of carbonyl (C=O) groups is 1. The van der Waals surface area contributed by atoms with Crippen molar-refractivity contribution < 1.29 is 9.18 Å². The van der Waals surface area contributed by atoms with Crippen molar-refractivity contribution in [3.8, 4) is 0 Å². The highest BCUT2D eigenvalue weighted by molar-refractivity contribution is 6.31. The molecule has 1 heterocycles. The summed E-state index contributed by atoms with van der Waals surface area (Å²) in [4.78, 5) is 18.1. The third-order valence-electron chi connectivity index (χ3n) is 3.75. The molecule has 0 radical (unpaired) electrons. The molecular weight excluding hydrogens is 317 g/mol. The fraction of sp³-hybridized carbons (Fsp3) is 0.412. The predicted octanol–water partition coefficient (Wildman–Crippen LogP) is 3.87. The maximum absolute atomic E-state index is 14.0. The molecule has 4 nitrogen and oxygen atoms in total. The lowest BCUT2D eigenvalue weighted by Crippen LogP contribution is -2.36. The molecule has 0 N–H and O–H groups in total. The zero-order chi connectivity index (χ0) is 17.0. The summed E-state index contributed by atoms with van der Waals surface area (Å²) in [5.41, 5.74) is 0.423. The van der Waals surface area contributed by atoms with E-state index in [0.29, 0.717) is 29.4 Å². The van der Waals surface area contributed by atoms with E-state index >= 15 is 0 Å². The van der Waals surface area contributed by atoms with Gasteiger partial charge < -0.3 is 9.47 Å². The average Bonchev–Trinajstić information content (AvgIpc) is 2.94. The molecule has 0 unspecified atom stereocenters. The highest BCUT2D eigenvalue weighted by Crippen LogP contribution is 2.21. The van der Waals surface area contributed by atoms with Gasteiger partial charge in [0.2, 0.25) is 5.91 Å². The zero-order valence-electron chi connectivity index (χ0n) is 13.6. The largest absolute Gasteiger partial charge is 0.333 e. The van der Waals surface area contributed by atoms with E-state index in [2.05, 4.69) is 4.98 Å². The Balaban J connectivity index is 2.24. The van der Waals surface area contributed by atoms with Gasteiger partial charge in [-0.1, -0.05) is 24.6 Å². The van der Waals surface area contributed by atoms with E-state index in [9.17, 15) is 9.18 Å². The second-order valence-corrected chi connectivity index (χ2v) is 6.05. The first-order valence-electron chi connectivity index (χ1n) is 7.66. The van der Waals surface area contributed by atoms with Crippen molar-refractivity contribution in [3.05, 3.63) is 52.8 Å². The molecule has 2 rings (SSSR count). The van der Waals surface area contributed by atoms with Crippen molar-refractivity contribution >= 4 is 17.5 Å². The van der Waals surface area contributed by atoms with E-state index in [1.54, 1.807) is 29.4 Å². The fourth-order valence-electron chi connectivity index (χ4n) is 2.40. The Bertz CT molecular complexity index is 664. The average molecular weight is 338 g/mol. The molecule has 6 heteroatoms. The summed E-state index contributed by atoms with van der Waals surface area (Å²) in [6.07, 6.45) is 3.87. The van der Waals surface area contributed by atoms with Crippen LogP contribution in [0.5, 0.6) is 0 Å². The van der Waals surface area contributed by atoms with Crippen molar-refractivity contribution in [1.82, 2.24) is 14.5 Å². The Morgan fingerprint density at radius 3 is 2.78 bits per heavy atom. The first-order chi connectivity index (χ1) is 10.9. The molecule has 0 aliphatic heterocycles. The van der Waals surface area contributed by atoms with Crippen molar-refractivity contribution in [3.63, 3.8) is 0 Å². The van der Waals surface area contributed by atoms with Gasteiger partial charge in [-0.25, -0.2) is 9.37 Å².